The van der Waals surface area contributed by atoms with Crippen LogP contribution in [0.25, 0.3) is 0 Å². The molecular formula is C12H16Cl2N2O3. The van der Waals surface area contributed by atoms with Crippen molar-refractivity contribution in [3.63, 3.8) is 0 Å². The predicted molar refractivity (Wildman–Crippen MR) is 76.0 cm³/mol. The van der Waals surface area contributed by atoms with Gasteiger partial charge < -0.3 is 20.5 Å². The lowest BCUT2D eigenvalue weighted by atomic mass is 10.3. The van der Waals surface area contributed by atoms with E-state index in [1.807, 2.05) is 0 Å². The Morgan fingerprint density at radius 1 is 1.47 bits per heavy atom. The van der Waals surface area contributed by atoms with Crippen LogP contribution in [-0.4, -0.2) is 37.5 Å². The summed E-state index contributed by atoms with van der Waals surface area (Å²) in [4.78, 5) is 11.6. The Hall–Kier alpha value is -1.01. The summed E-state index contributed by atoms with van der Waals surface area (Å²) in [6.45, 7) is 0.567. The van der Waals surface area contributed by atoms with Gasteiger partial charge in [-0.2, -0.15) is 0 Å². The number of urea groups is 1. The molecule has 0 radical (unpaired) electrons. The van der Waals surface area contributed by atoms with E-state index in [1.54, 1.807) is 18.2 Å². The summed E-state index contributed by atoms with van der Waals surface area (Å²) in [5, 5.41) is 15.2. The van der Waals surface area contributed by atoms with Crippen molar-refractivity contribution in [3.05, 3.63) is 28.2 Å². The molecular weight excluding hydrogens is 291 g/mol. The molecule has 1 rings (SSSR count). The van der Waals surface area contributed by atoms with E-state index in [-0.39, 0.29) is 6.61 Å². The van der Waals surface area contributed by atoms with E-state index in [0.29, 0.717) is 28.7 Å². The lowest BCUT2D eigenvalue weighted by Crippen LogP contribution is -2.32. The highest BCUT2D eigenvalue weighted by atomic mass is 35.5. The first-order valence-electron chi connectivity index (χ1n) is 5.70. The number of halogens is 2. The minimum atomic E-state index is -0.597. The Morgan fingerprint density at radius 3 is 2.89 bits per heavy atom. The number of hydrogen-bond donors (Lipinski definition) is 3. The molecule has 0 saturated carbocycles. The molecule has 1 aromatic rings. The van der Waals surface area contributed by atoms with Crippen LogP contribution in [0, 0.1) is 0 Å². The van der Waals surface area contributed by atoms with E-state index < -0.39 is 12.1 Å². The maximum absolute atomic E-state index is 11.6. The number of methoxy groups -OCH3 is 1. The molecule has 2 amide bonds. The molecule has 0 aliphatic carbocycles. The fourth-order valence-electron chi connectivity index (χ4n) is 1.39. The number of hydrogen-bond acceptors (Lipinski definition) is 3. The number of benzene rings is 1. The number of carbonyl (C=O) groups is 1. The van der Waals surface area contributed by atoms with Crippen molar-refractivity contribution in [3.8, 4) is 0 Å². The average Bonchev–Trinajstić information content (AvgIpc) is 2.35. The van der Waals surface area contributed by atoms with Crippen LogP contribution in [0.5, 0.6) is 0 Å². The van der Waals surface area contributed by atoms with Gasteiger partial charge in [0.05, 0.1) is 28.4 Å². The van der Waals surface area contributed by atoms with Crippen molar-refractivity contribution in [1.29, 1.82) is 0 Å². The molecule has 106 valence electrons. The fourth-order valence-corrected chi connectivity index (χ4v) is 1.74. The fraction of sp³-hybridized carbons (Fsp3) is 0.417. The smallest absolute Gasteiger partial charge is 0.319 e. The van der Waals surface area contributed by atoms with Gasteiger partial charge in [0, 0.05) is 13.7 Å². The quantitative estimate of drug-likeness (QED) is 0.756. The third-order valence-corrected chi connectivity index (χ3v) is 3.14. The van der Waals surface area contributed by atoms with E-state index >= 15 is 0 Å². The van der Waals surface area contributed by atoms with E-state index in [0.717, 1.165) is 0 Å². The van der Waals surface area contributed by atoms with Gasteiger partial charge in [-0.25, -0.2) is 4.79 Å². The molecule has 0 saturated heterocycles. The standard InChI is InChI=1S/C12H16Cl2N2O3/c1-19-7-8(17)5-6-15-12(18)16-10-4-2-3-9(13)11(10)14/h2-4,8,17H,5-7H2,1H3,(H2,15,16,18). The summed E-state index contributed by atoms with van der Waals surface area (Å²) in [6.07, 6.45) is -0.190. The predicted octanol–water partition coefficient (Wildman–Crippen LogP) is 2.51. The van der Waals surface area contributed by atoms with Gasteiger partial charge >= 0.3 is 6.03 Å². The van der Waals surface area contributed by atoms with E-state index in [4.69, 9.17) is 27.9 Å². The highest BCUT2D eigenvalue weighted by Crippen LogP contribution is 2.29. The third-order valence-electron chi connectivity index (χ3n) is 2.32. The van der Waals surface area contributed by atoms with Crippen LogP contribution in [-0.2, 0) is 4.74 Å². The van der Waals surface area contributed by atoms with E-state index in [1.165, 1.54) is 7.11 Å². The van der Waals surface area contributed by atoms with Gasteiger partial charge in [0.1, 0.15) is 0 Å². The van der Waals surface area contributed by atoms with Crippen LogP contribution in [0.3, 0.4) is 0 Å². The van der Waals surface area contributed by atoms with Crippen molar-refractivity contribution in [2.75, 3.05) is 25.6 Å². The maximum Gasteiger partial charge on any atom is 0.319 e. The SMILES string of the molecule is COCC(O)CCNC(=O)Nc1cccc(Cl)c1Cl. The second-order valence-electron chi connectivity index (χ2n) is 3.88. The highest BCUT2D eigenvalue weighted by molar-refractivity contribution is 6.43. The van der Waals surface area contributed by atoms with Gasteiger partial charge in [0.2, 0.25) is 0 Å². The summed E-state index contributed by atoms with van der Waals surface area (Å²) < 4.78 is 4.78. The molecule has 3 N–H and O–H groups in total. The monoisotopic (exact) mass is 306 g/mol. The number of rotatable bonds is 6. The Kier molecular flexibility index (Phi) is 6.94. The summed E-state index contributed by atoms with van der Waals surface area (Å²) >= 11 is 11.8. The molecule has 7 heteroatoms. The lowest BCUT2D eigenvalue weighted by Gasteiger charge is -2.12. The maximum atomic E-state index is 11.6. The number of anilines is 1. The number of ether oxygens (including phenoxy) is 1. The van der Waals surface area contributed by atoms with Gasteiger partial charge in [-0.1, -0.05) is 29.3 Å². The zero-order chi connectivity index (χ0) is 14.3. The molecule has 1 unspecified atom stereocenters. The minimum absolute atomic E-state index is 0.240. The van der Waals surface area contributed by atoms with Crippen molar-refractivity contribution in [1.82, 2.24) is 5.32 Å². The van der Waals surface area contributed by atoms with Gasteiger partial charge in [-0.15, -0.1) is 0 Å². The van der Waals surface area contributed by atoms with Crippen LogP contribution in [0.2, 0.25) is 10.0 Å². The molecule has 1 atom stereocenters. The number of nitrogens with one attached hydrogen (secondary N) is 2. The molecule has 5 nitrogen and oxygen atoms in total. The van der Waals surface area contributed by atoms with Gasteiger partial charge in [0.25, 0.3) is 0 Å². The second-order valence-corrected chi connectivity index (χ2v) is 4.67. The normalized spacial score (nSPS) is 12.0. The Bertz CT molecular complexity index is 429. The van der Waals surface area contributed by atoms with Crippen LogP contribution in [0.4, 0.5) is 10.5 Å². The number of amides is 2. The summed E-state index contributed by atoms with van der Waals surface area (Å²) in [5.74, 6) is 0. The third kappa shape index (κ3) is 5.65. The van der Waals surface area contributed by atoms with Crippen molar-refractivity contribution < 1.29 is 14.6 Å². The average molecular weight is 307 g/mol. The molecule has 1 aromatic carbocycles. The van der Waals surface area contributed by atoms with Crippen molar-refractivity contribution in [2.45, 2.75) is 12.5 Å². The Labute approximate surface area is 121 Å². The zero-order valence-electron chi connectivity index (χ0n) is 10.5. The van der Waals surface area contributed by atoms with Crippen LogP contribution >= 0.6 is 23.2 Å². The van der Waals surface area contributed by atoms with Crippen molar-refractivity contribution in [2.24, 2.45) is 0 Å². The molecule has 0 aromatic heterocycles. The lowest BCUT2D eigenvalue weighted by molar-refractivity contribution is 0.0599. The summed E-state index contributed by atoms with van der Waals surface area (Å²) in [6, 6.07) is 4.56. The molecule has 19 heavy (non-hydrogen) atoms. The summed E-state index contributed by atoms with van der Waals surface area (Å²) in [7, 11) is 1.50. The number of aliphatic hydroxyl groups excluding tert-OH is 1. The van der Waals surface area contributed by atoms with E-state index in [9.17, 15) is 9.90 Å². The molecule has 0 heterocycles. The molecule has 0 fully saturated rings. The molecule has 0 aliphatic heterocycles. The number of carbonyl (C=O) groups excluding carboxylic acids is 1. The molecule has 0 bridgehead atoms. The molecule has 0 spiro atoms. The first-order valence-corrected chi connectivity index (χ1v) is 6.46. The first-order chi connectivity index (χ1) is 9.04. The van der Waals surface area contributed by atoms with Crippen LogP contribution in [0.1, 0.15) is 6.42 Å². The minimum Gasteiger partial charge on any atom is -0.391 e. The van der Waals surface area contributed by atoms with E-state index in [2.05, 4.69) is 10.6 Å². The highest BCUT2D eigenvalue weighted by Gasteiger charge is 2.08. The zero-order valence-corrected chi connectivity index (χ0v) is 12.0. The topological polar surface area (TPSA) is 70.6 Å². The molecule has 0 aliphatic rings. The second kappa shape index (κ2) is 8.22. The van der Waals surface area contributed by atoms with Crippen LogP contribution < -0.4 is 10.6 Å². The van der Waals surface area contributed by atoms with Gasteiger partial charge in [-0.3, -0.25) is 0 Å². The first kappa shape index (κ1) is 16.0. The largest absolute Gasteiger partial charge is 0.391 e. The number of aliphatic hydroxyl groups is 1. The van der Waals surface area contributed by atoms with Gasteiger partial charge in [0.15, 0.2) is 0 Å². The van der Waals surface area contributed by atoms with Crippen molar-refractivity contribution >= 4 is 34.9 Å². The summed E-state index contributed by atoms with van der Waals surface area (Å²) in [5.41, 5.74) is 0.434. The Balaban J connectivity index is 2.37. The van der Waals surface area contributed by atoms with Gasteiger partial charge in [-0.05, 0) is 18.6 Å². The Morgan fingerprint density at radius 2 is 2.21 bits per heavy atom. The van der Waals surface area contributed by atoms with Crippen LogP contribution in [0.15, 0.2) is 18.2 Å².